The minimum atomic E-state index is -4.57. The number of carbonyl (C=O) groups is 1. The van der Waals surface area contributed by atoms with E-state index in [0.29, 0.717) is 17.9 Å². The monoisotopic (exact) mass is 451 g/mol. The number of carbonyl (C=O) groups excluding carboxylic acids is 1. The molecule has 164 valence electrons. The zero-order valence-corrected chi connectivity index (χ0v) is 17.8. The predicted molar refractivity (Wildman–Crippen MR) is 110 cm³/mol. The zero-order valence-electron chi connectivity index (χ0n) is 17.0. The Morgan fingerprint density at radius 3 is 2.26 bits per heavy atom. The summed E-state index contributed by atoms with van der Waals surface area (Å²) in [5.74, 6) is -0.297. The Morgan fingerprint density at radius 1 is 1.10 bits per heavy atom. The van der Waals surface area contributed by atoms with Gasteiger partial charge in [0.05, 0.1) is 21.8 Å². The van der Waals surface area contributed by atoms with Gasteiger partial charge in [-0.3, -0.25) is 9.36 Å². The lowest BCUT2D eigenvalue weighted by atomic mass is 10.1. The summed E-state index contributed by atoms with van der Waals surface area (Å²) in [7, 11) is -3.38. The van der Waals surface area contributed by atoms with E-state index in [2.05, 4.69) is 10.3 Å². The quantitative estimate of drug-likeness (QED) is 0.623. The minimum absolute atomic E-state index is 0.0129. The predicted octanol–water partition coefficient (Wildman–Crippen LogP) is 4.42. The van der Waals surface area contributed by atoms with Crippen molar-refractivity contribution in [1.29, 1.82) is 0 Å². The molecule has 0 saturated carbocycles. The van der Waals surface area contributed by atoms with Crippen molar-refractivity contribution in [2.75, 3.05) is 11.6 Å². The Hall–Kier alpha value is -3.14. The number of hydrogen-bond acceptors (Lipinski definition) is 4. The molecule has 1 aromatic heterocycles. The highest BCUT2D eigenvalue weighted by Gasteiger charge is 2.35. The standard InChI is InChI=1S/C21H20F3N3O3S/c1-4-18-26-19(20(28)25-14-9-11-15(12-10-14)31(3,29)30)13(2)27(18)17-8-6-5-7-16(17)21(22,23)24/h5-12H,4H2,1-3H3,(H,25,28). The minimum Gasteiger partial charge on any atom is -0.321 e. The highest BCUT2D eigenvalue weighted by atomic mass is 32.2. The summed E-state index contributed by atoms with van der Waals surface area (Å²) < 4.78 is 65.0. The molecule has 1 amide bonds. The van der Waals surface area contributed by atoms with E-state index in [-0.39, 0.29) is 22.0 Å². The van der Waals surface area contributed by atoms with E-state index in [1.54, 1.807) is 6.92 Å². The molecule has 0 saturated heterocycles. The van der Waals surface area contributed by atoms with Gasteiger partial charge < -0.3 is 5.32 Å². The van der Waals surface area contributed by atoms with Crippen LogP contribution in [0.4, 0.5) is 18.9 Å². The van der Waals surface area contributed by atoms with Crippen LogP contribution in [0.2, 0.25) is 0 Å². The summed E-state index contributed by atoms with van der Waals surface area (Å²) in [6.07, 6.45) is -3.19. The first kappa shape index (κ1) is 22.5. The maximum atomic E-state index is 13.5. The molecule has 2 aromatic carbocycles. The highest BCUT2D eigenvalue weighted by Crippen LogP contribution is 2.35. The van der Waals surface area contributed by atoms with Crippen LogP contribution in [-0.4, -0.2) is 30.1 Å². The van der Waals surface area contributed by atoms with Crippen LogP contribution in [0.15, 0.2) is 53.4 Å². The Morgan fingerprint density at radius 2 is 1.71 bits per heavy atom. The van der Waals surface area contributed by atoms with E-state index in [9.17, 15) is 26.4 Å². The third-order valence-electron chi connectivity index (χ3n) is 4.70. The molecule has 0 bridgehead atoms. The van der Waals surface area contributed by atoms with Crippen molar-refractivity contribution >= 4 is 21.4 Å². The lowest BCUT2D eigenvalue weighted by Crippen LogP contribution is -2.15. The normalized spacial score (nSPS) is 12.1. The van der Waals surface area contributed by atoms with Gasteiger partial charge in [0.25, 0.3) is 5.91 Å². The number of nitrogens with zero attached hydrogens (tertiary/aromatic N) is 2. The highest BCUT2D eigenvalue weighted by molar-refractivity contribution is 7.90. The van der Waals surface area contributed by atoms with Crippen LogP contribution >= 0.6 is 0 Å². The number of rotatable bonds is 5. The second-order valence-corrected chi connectivity index (χ2v) is 8.93. The fourth-order valence-corrected chi connectivity index (χ4v) is 3.85. The third-order valence-corrected chi connectivity index (χ3v) is 5.83. The molecule has 31 heavy (non-hydrogen) atoms. The van der Waals surface area contributed by atoms with E-state index < -0.39 is 27.5 Å². The van der Waals surface area contributed by atoms with Crippen molar-refractivity contribution < 1.29 is 26.4 Å². The molecule has 1 heterocycles. The number of benzene rings is 2. The molecule has 0 aliphatic heterocycles. The number of aryl methyl sites for hydroxylation is 1. The third kappa shape index (κ3) is 4.63. The molecule has 1 N–H and O–H groups in total. The van der Waals surface area contributed by atoms with Crippen LogP contribution in [0.5, 0.6) is 0 Å². The molecule has 0 unspecified atom stereocenters. The number of anilines is 1. The maximum absolute atomic E-state index is 13.5. The summed E-state index contributed by atoms with van der Waals surface area (Å²) in [5.41, 5.74) is -0.346. The van der Waals surface area contributed by atoms with E-state index in [0.717, 1.165) is 12.3 Å². The van der Waals surface area contributed by atoms with Crippen molar-refractivity contribution in [2.24, 2.45) is 0 Å². The Balaban J connectivity index is 2.00. The molecule has 10 heteroatoms. The number of para-hydroxylation sites is 1. The van der Waals surface area contributed by atoms with Crippen LogP contribution in [0.1, 0.15) is 34.5 Å². The molecule has 0 fully saturated rings. The first-order valence-electron chi connectivity index (χ1n) is 9.29. The van der Waals surface area contributed by atoms with E-state index in [1.165, 1.54) is 54.0 Å². The topological polar surface area (TPSA) is 81.1 Å². The Bertz CT molecular complexity index is 1230. The number of aromatic nitrogens is 2. The van der Waals surface area contributed by atoms with Gasteiger partial charge in [0.1, 0.15) is 11.5 Å². The average Bonchev–Trinajstić information content (AvgIpc) is 3.03. The first-order valence-corrected chi connectivity index (χ1v) is 11.2. The zero-order chi connectivity index (χ0) is 23.0. The average molecular weight is 451 g/mol. The van der Waals surface area contributed by atoms with Crippen LogP contribution in [-0.2, 0) is 22.4 Å². The molecular formula is C21H20F3N3O3S. The summed E-state index contributed by atoms with van der Waals surface area (Å²) in [4.78, 5) is 17.2. The smallest absolute Gasteiger partial charge is 0.321 e. The van der Waals surface area contributed by atoms with Gasteiger partial charge in [-0.15, -0.1) is 0 Å². The summed E-state index contributed by atoms with van der Waals surface area (Å²) >= 11 is 0. The lowest BCUT2D eigenvalue weighted by molar-refractivity contribution is -0.137. The molecule has 0 aliphatic rings. The van der Waals surface area contributed by atoms with Crippen LogP contribution < -0.4 is 5.32 Å². The second-order valence-electron chi connectivity index (χ2n) is 6.92. The fourth-order valence-electron chi connectivity index (χ4n) is 3.22. The van der Waals surface area contributed by atoms with Crippen molar-refractivity contribution in [3.63, 3.8) is 0 Å². The number of alkyl halides is 3. The number of hydrogen-bond donors (Lipinski definition) is 1. The molecule has 6 nitrogen and oxygen atoms in total. The molecule has 0 atom stereocenters. The molecule has 3 rings (SSSR count). The van der Waals surface area contributed by atoms with Gasteiger partial charge in [0, 0.05) is 18.4 Å². The second kappa shape index (κ2) is 8.18. The fraction of sp³-hybridized carbons (Fsp3) is 0.238. The van der Waals surface area contributed by atoms with Crippen LogP contribution in [0.25, 0.3) is 5.69 Å². The van der Waals surface area contributed by atoms with Crippen LogP contribution in [0.3, 0.4) is 0 Å². The number of nitrogens with one attached hydrogen (secondary N) is 1. The van der Waals surface area contributed by atoms with E-state index in [4.69, 9.17) is 0 Å². The van der Waals surface area contributed by atoms with Gasteiger partial charge in [0.2, 0.25) is 0 Å². The number of imidazole rings is 1. The lowest BCUT2D eigenvalue weighted by Gasteiger charge is -2.16. The van der Waals surface area contributed by atoms with Crippen molar-refractivity contribution in [1.82, 2.24) is 9.55 Å². The largest absolute Gasteiger partial charge is 0.418 e. The van der Waals surface area contributed by atoms with Gasteiger partial charge in [-0.25, -0.2) is 13.4 Å². The number of amides is 1. The van der Waals surface area contributed by atoms with Crippen molar-refractivity contribution in [2.45, 2.75) is 31.3 Å². The molecule has 0 radical (unpaired) electrons. The first-order chi connectivity index (χ1) is 14.4. The van der Waals surface area contributed by atoms with Crippen molar-refractivity contribution in [3.8, 4) is 5.69 Å². The van der Waals surface area contributed by atoms with Gasteiger partial charge in [0.15, 0.2) is 9.84 Å². The van der Waals surface area contributed by atoms with Gasteiger partial charge >= 0.3 is 6.18 Å². The number of halogens is 3. The molecule has 0 aliphatic carbocycles. The van der Waals surface area contributed by atoms with E-state index in [1.807, 2.05) is 0 Å². The summed E-state index contributed by atoms with van der Waals surface area (Å²) in [6, 6.07) is 10.7. The van der Waals surface area contributed by atoms with Gasteiger partial charge in [-0.05, 0) is 43.3 Å². The Kier molecular flexibility index (Phi) is 5.95. The van der Waals surface area contributed by atoms with Gasteiger partial charge in [-0.1, -0.05) is 19.1 Å². The summed E-state index contributed by atoms with van der Waals surface area (Å²) in [6.45, 7) is 3.26. The number of sulfone groups is 1. The van der Waals surface area contributed by atoms with Crippen molar-refractivity contribution in [3.05, 3.63) is 71.3 Å². The van der Waals surface area contributed by atoms with Crippen LogP contribution in [0, 0.1) is 6.92 Å². The van der Waals surface area contributed by atoms with Gasteiger partial charge in [-0.2, -0.15) is 13.2 Å². The molecular weight excluding hydrogens is 431 g/mol. The molecule has 3 aromatic rings. The van der Waals surface area contributed by atoms with E-state index >= 15 is 0 Å². The summed E-state index contributed by atoms with van der Waals surface area (Å²) in [5, 5.41) is 2.61. The molecule has 0 spiro atoms. The SMILES string of the molecule is CCc1nc(C(=O)Nc2ccc(S(C)(=O)=O)cc2)c(C)n1-c1ccccc1C(F)(F)F. The maximum Gasteiger partial charge on any atom is 0.418 e. The Labute approximate surface area is 177 Å².